The zero-order valence-electron chi connectivity index (χ0n) is 21.5. The molecule has 1 fully saturated rings. The summed E-state index contributed by atoms with van der Waals surface area (Å²) >= 11 is 6.47. The second-order valence-electron chi connectivity index (χ2n) is 9.35. The summed E-state index contributed by atoms with van der Waals surface area (Å²) in [4.78, 5) is 41.8. The summed E-state index contributed by atoms with van der Waals surface area (Å²) in [5, 5.41) is 7.33. The second-order valence-corrected chi connectivity index (χ2v) is 9.71. The number of ether oxygens (including phenoxy) is 1. The first kappa shape index (κ1) is 25.9. The van der Waals surface area contributed by atoms with Crippen LogP contribution in [0.4, 0.5) is 11.8 Å². The molecular weight excluding hydrogens is 510 g/mol. The lowest BCUT2D eigenvalue weighted by Crippen LogP contribution is -2.41. The Hall–Kier alpha value is -3.74. The molecule has 12 nitrogen and oxygen atoms in total. The minimum Gasteiger partial charge on any atom is -0.379 e. The zero-order chi connectivity index (χ0) is 27.0. The van der Waals surface area contributed by atoms with E-state index in [9.17, 15) is 9.59 Å². The van der Waals surface area contributed by atoms with Crippen LogP contribution in [-0.2, 0) is 23.1 Å². The maximum Gasteiger partial charge on any atom is 0.260 e. The quantitative estimate of drug-likeness (QED) is 0.302. The average molecular weight is 540 g/mol. The van der Waals surface area contributed by atoms with Crippen LogP contribution in [0.5, 0.6) is 0 Å². The highest BCUT2D eigenvalue weighted by Crippen LogP contribution is 2.41. The molecular formula is C25H30ClN9O3. The van der Waals surface area contributed by atoms with Crippen LogP contribution in [0, 0.1) is 13.8 Å². The van der Waals surface area contributed by atoms with Crippen molar-refractivity contribution in [2.75, 3.05) is 50.0 Å². The second kappa shape index (κ2) is 10.6. The molecule has 0 aromatic carbocycles. The molecule has 0 radical (unpaired) electrons. The van der Waals surface area contributed by atoms with Crippen LogP contribution in [0.15, 0.2) is 12.4 Å². The molecule has 1 saturated heterocycles. The Kier molecular flexibility index (Phi) is 7.19. The molecule has 5 heterocycles. The number of fused-ring (bicyclic) bond motifs is 1. The highest BCUT2D eigenvalue weighted by molar-refractivity contribution is 6.41. The van der Waals surface area contributed by atoms with E-state index < -0.39 is 0 Å². The van der Waals surface area contributed by atoms with Crippen molar-refractivity contribution in [2.45, 2.75) is 20.4 Å². The number of anilines is 2. The molecule has 5 rings (SSSR count). The fourth-order valence-electron chi connectivity index (χ4n) is 4.65. The molecule has 0 unspecified atom stereocenters. The van der Waals surface area contributed by atoms with E-state index in [4.69, 9.17) is 22.1 Å². The van der Waals surface area contributed by atoms with Crippen molar-refractivity contribution in [1.82, 2.24) is 34.9 Å². The van der Waals surface area contributed by atoms with Gasteiger partial charge in [-0.2, -0.15) is 10.1 Å². The van der Waals surface area contributed by atoms with Gasteiger partial charge < -0.3 is 20.8 Å². The normalized spacial score (nSPS) is 16.9. The Morgan fingerprint density at radius 2 is 2.05 bits per heavy atom. The lowest BCUT2D eigenvalue weighted by molar-refractivity contribution is -0.113. The predicted molar refractivity (Wildman–Crippen MR) is 144 cm³/mol. The van der Waals surface area contributed by atoms with Gasteiger partial charge in [-0.25, -0.2) is 4.98 Å². The fraction of sp³-hybridized carbons (Fsp3) is 0.400. The number of halogens is 1. The van der Waals surface area contributed by atoms with Crippen LogP contribution in [0.2, 0.25) is 5.15 Å². The summed E-state index contributed by atoms with van der Waals surface area (Å²) in [7, 11) is 1.84. The molecule has 0 bridgehead atoms. The van der Waals surface area contributed by atoms with Gasteiger partial charge in [-0.3, -0.25) is 24.1 Å². The van der Waals surface area contributed by atoms with Gasteiger partial charge >= 0.3 is 0 Å². The number of nitrogens with zero attached hydrogens (tertiary/aromatic N) is 6. The number of carbonyl (C=O) groups excluding carboxylic acids is 2. The topological polar surface area (TPSA) is 147 Å². The van der Waals surface area contributed by atoms with Crippen LogP contribution in [0.1, 0.15) is 38.4 Å². The minimum atomic E-state index is -0.296. The Bertz CT molecular complexity index is 1420. The molecule has 3 aromatic heterocycles. The van der Waals surface area contributed by atoms with Gasteiger partial charge in [0.2, 0.25) is 5.95 Å². The summed E-state index contributed by atoms with van der Waals surface area (Å²) in [6.07, 6.45) is 5.04. The molecule has 0 spiro atoms. The number of hydrogen-bond donors (Lipinski definition) is 3. The van der Waals surface area contributed by atoms with Crippen molar-refractivity contribution in [3.8, 4) is 0 Å². The predicted octanol–water partition coefficient (Wildman–Crippen LogP) is 1.54. The van der Waals surface area contributed by atoms with Crippen molar-refractivity contribution in [3.05, 3.63) is 51.2 Å². The third-order valence-electron chi connectivity index (χ3n) is 7.06. The van der Waals surface area contributed by atoms with Crippen molar-refractivity contribution in [1.29, 1.82) is 0 Å². The van der Waals surface area contributed by atoms with Crippen LogP contribution in [-0.4, -0.2) is 80.8 Å². The molecule has 0 saturated carbocycles. The highest BCUT2D eigenvalue weighted by atomic mass is 35.5. The first-order chi connectivity index (χ1) is 18.2. The molecule has 3 aromatic rings. The van der Waals surface area contributed by atoms with E-state index in [2.05, 4.69) is 30.3 Å². The zero-order valence-corrected chi connectivity index (χ0v) is 22.3. The van der Waals surface area contributed by atoms with Crippen molar-refractivity contribution < 1.29 is 14.3 Å². The van der Waals surface area contributed by atoms with Gasteiger partial charge in [0.1, 0.15) is 5.15 Å². The van der Waals surface area contributed by atoms with Crippen LogP contribution in [0.25, 0.3) is 11.6 Å². The first-order valence-corrected chi connectivity index (χ1v) is 12.7. The number of nitrogens with two attached hydrogens (primary N) is 1. The standard InChI is InChI=1S/C25H30ClN9O3/c1-14-18(23(36)28-4-5-34-6-8-38-9-7-34)12-29-19(14)10-17-20-21(26)31-25(27)32-22(20)35(24(17)37)13-16-11-30-33(3)15(16)2/h10-12,29H,4-9,13H2,1-3H3,(H,28,36)(H2,27,31,32). The molecule has 0 atom stereocenters. The van der Waals surface area contributed by atoms with Gasteiger partial charge in [-0.05, 0) is 25.5 Å². The molecule has 0 aliphatic carbocycles. The number of morpholine rings is 1. The van der Waals surface area contributed by atoms with E-state index in [1.54, 1.807) is 23.2 Å². The monoisotopic (exact) mass is 539 g/mol. The smallest absolute Gasteiger partial charge is 0.260 e. The molecule has 13 heteroatoms. The van der Waals surface area contributed by atoms with E-state index in [0.29, 0.717) is 53.5 Å². The van der Waals surface area contributed by atoms with Crippen molar-refractivity contribution in [2.24, 2.45) is 7.05 Å². The average Bonchev–Trinajstić information content (AvgIpc) is 3.50. The number of hydrogen-bond acceptors (Lipinski definition) is 8. The van der Waals surface area contributed by atoms with Gasteiger partial charge in [-0.15, -0.1) is 0 Å². The van der Waals surface area contributed by atoms with Crippen molar-refractivity contribution in [3.63, 3.8) is 0 Å². The Morgan fingerprint density at radius 1 is 1.29 bits per heavy atom. The largest absolute Gasteiger partial charge is 0.379 e. The lowest BCUT2D eigenvalue weighted by atomic mass is 10.1. The van der Waals surface area contributed by atoms with E-state index in [1.165, 1.54) is 4.90 Å². The van der Waals surface area contributed by atoms with Crippen LogP contribution in [0.3, 0.4) is 0 Å². The molecule has 2 aliphatic rings. The van der Waals surface area contributed by atoms with E-state index >= 15 is 0 Å². The van der Waals surface area contributed by atoms with Gasteiger partial charge in [0.05, 0.1) is 42.7 Å². The number of nitrogens with one attached hydrogen (secondary N) is 2. The fourth-order valence-corrected chi connectivity index (χ4v) is 4.93. The molecule has 2 aliphatic heterocycles. The number of amides is 2. The van der Waals surface area contributed by atoms with Crippen LogP contribution >= 0.6 is 11.6 Å². The molecule has 38 heavy (non-hydrogen) atoms. The van der Waals surface area contributed by atoms with Gasteiger partial charge in [0, 0.05) is 56.4 Å². The van der Waals surface area contributed by atoms with Crippen LogP contribution < -0.4 is 16.0 Å². The Morgan fingerprint density at radius 3 is 2.76 bits per heavy atom. The lowest BCUT2D eigenvalue weighted by Gasteiger charge is -2.26. The first-order valence-electron chi connectivity index (χ1n) is 12.3. The minimum absolute atomic E-state index is 0.0252. The SMILES string of the molecule is Cc1c(C(=O)NCCN2CCOCC2)c[nH]c1C=C1C(=O)N(Cc2cnn(C)c2C)c2nc(N)nc(Cl)c21. The summed E-state index contributed by atoms with van der Waals surface area (Å²) in [5.41, 5.74) is 10.2. The number of aromatic nitrogens is 5. The molecule has 200 valence electrons. The Labute approximate surface area is 224 Å². The highest BCUT2D eigenvalue weighted by Gasteiger charge is 2.37. The van der Waals surface area contributed by atoms with E-state index in [-0.39, 0.29) is 29.5 Å². The van der Waals surface area contributed by atoms with Crippen molar-refractivity contribution >= 4 is 46.8 Å². The number of aromatic amines is 1. The Balaban J connectivity index is 1.39. The molecule has 2 amide bonds. The maximum absolute atomic E-state index is 13.7. The summed E-state index contributed by atoms with van der Waals surface area (Å²) in [6.45, 7) is 8.45. The number of nitrogen functional groups attached to an aromatic ring is 1. The van der Waals surface area contributed by atoms with Gasteiger partial charge in [0.25, 0.3) is 11.8 Å². The summed E-state index contributed by atoms with van der Waals surface area (Å²) in [5.74, 6) is -0.164. The number of rotatable bonds is 7. The van der Waals surface area contributed by atoms with Gasteiger partial charge in [0.15, 0.2) is 5.82 Å². The van der Waals surface area contributed by atoms with Gasteiger partial charge in [-0.1, -0.05) is 11.6 Å². The van der Waals surface area contributed by atoms with E-state index in [1.807, 2.05) is 20.9 Å². The van der Waals surface area contributed by atoms with E-state index in [0.717, 1.165) is 30.9 Å². The third kappa shape index (κ3) is 4.89. The summed E-state index contributed by atoms with van der Waals surface area (Å²) in [6, 6.07) is 0. The third-order valence-corrected chi connectivity index (χ3v) is 7.33. The number of H-pyrrole nitrogens is 1. The number of carbonyl (C=O) groups is 2. The molecule has 4 N–H and O–H groups in total. The number of aryl methyl sites for hydroxylation is 1. The maximum atomic E-state index is 13.7. The summed E-state index contributed by atoms with van der Waals surface area (Å²) < 4.78 is 7.10.